The van der Waals surface area contributed by atoms with Gasteiger partial charge in [0.15, 0.2) is 11.6 Å². The SMILES string of the molecule is OC(c1cc(F)c(F)cc1F)C1CCCCCN1. The van der Waals surface area contributed by atoms with Crippen molar-refractivity contribution in [2.45, 2.75) is 37.8 Å². The number of hydrogen-bond donors (Lipinski definition) is 2. The molecule has 0 saturated carbocycles. The molecule has 0 radical (unpaired) electrons. The van der Waals surface area contributed by atoms with E-state index < -0.39 is 23.6 Å². The van der Waals surface area contributed by atoms with Crippen LogP contribution in [-0.2, 0) is 0 Å². The van der Waals surface area contributed by atoms with Gasteiger partial charge in [-0.1, -0.05) is 12.8 Å². The van der Waals surface area contributed by atoms with E-state index in [9.17, 15) is 18.3 Å². The Morgan fingerprint density at radius 2 is 1.78 bits per heavy atom. The van der Waals surface area contributed by atoms with Crippen LogP contribution in [0.3, 0.4) is 0 Å². The van der Waals surface area contributed by atoms with Crippen molar-refractivity contribution in [3.63, 3.8) is 0 Å². The Balaban J connectivity index is 2.21. The Morgan fingerprint density at radius 1 is 1.06 bits per heavy atom. The normalized spacial score (nSPS) is 22.6. The van der Waals surface area contributed by atoms with E-state index in [1.54, 1.807) is 0 Å². The van der Waals surface area contributed by atoms with E-state index in [0.717, 1.165) is 31.9 Å². The van der Waals surface area contributed by atoms with Gasteiger partial charge >= 0.3 is 0 Å². The van der Waals surface area contributed by atoms with Crippen molar-refractivity contribution in [3.8, 4) is 0 Å². The molecule has 2 nitrogen and oxygen atoms in total. The molecule has 1 aromatic carbocycles. The van der Waals surface area contributed by atoms with Crippen LogP contribution in [0.2, 0.25) is 0 Å². The van der Waals surface area contributed by atoms with E-state index in [0.29, 0.717) is 12.5 Å². The summed E-state index contributed by atoms with van der Waals surface area (Å²) in [6.07, 6.45) is 2.53. The molecule has 0 spiro atoms. The molecule has 0 amide bonds. The summed E-state index contributed by atoms with van der Waals surface area (Å²) in [5.41, 5.74) is -0.187. The van der Waals surface area contributed by atoms with Crippen LogP contribution in [0.25, 0.3) is 0 Å². The Morgan fingerprint density at radius 3 is 2.56 bits per heavy atom. The zero-order chi connectivity index (χ0) is 13.1. The van der Waals surface area contributed by atoms with Gasteiger partial charge in [0.1, 0.15) is 5.82 Å². The summed E-state index contributed by atoms with van der Waals surface area (Å²) < 4.78 is 39.5. The number of halogens is 3. The van der Waals surface area contributed by atoms with Crippen molar-refractivity contribution >= 4 is 0 Å². The number of aliphatic hydroxyl groups excluding tert-OH is 1. The second-order valence-electron chi connectivity index (χ2n) is 4.64. The predicted octanol–water partition coefficient (Wildman–Crippen LogP) is 2.67. The van der Waals surface area contributed by atoms with E-state index >= 15 is 0 Å². The van der Waals surface area contributed by atoms with Crippen molar-refractivity contribution < 1.29 is 18.3 Å². The standard InChI is InChI=1S/C13H16F3NO/c14-9-7-11(16)10(15)6-8(9)13(18)12-4-2-1-3-5-17-12/h6-7,12-13,17-18H,1-5H2. The minimum Gasteiger partial charge on any atom is -0.387 e. The number of aliphatic hydroxyl groups is 1. The molecule has 18 heavy (non-hydrogen) atoms. The Bertz CT molecular complexity index is 417. The van der Waals surface area contributed by atoms with Crippen molar-refractivity contribution in [3.05, 3.63) is 35.1 Å². The molecule has 2 rings (SSSR count). The van der Waals surface area contributed by atoms with Crippen molar-refractivity contribution in [1.29, 1.82) is 0 Å². The lowest BCUT2D eigenvalue weighted by Gasteiger charge is -2.23. The molecular weight excluding hydrogens is 243 g/mol. The monoisotopic (exact) mass is 259 g/mol. The van der Waals surface area contributed by atoms with Crippen LogP contribution in [0.5, 0.6) is 0 Å². The van der Waals surface area contributed by atoms with E-state index in [1.807, 2.05) is 0 Å². The van der Waals surface area contributed by atoms with Crippen LogP contribution in [0, 0.1) is 17.5 Å². The maximum absolute atomic E-state index is 13.5. The van der Waals surface area contributed by atoms with Gasteiger partial charge in [-0.2, -0.15) is 0 Å². The van der Waals surface area contributed by atoms with E-state index in [4.69, 9.17) is 0 Å². The lowest BCUT2D eigenvalue weighted by Crippen LogP contribution is -2.34. The highest BCUT2D eigenvalue weighted by molar-refractivity contribution is 5.23. The molecular formula is C13H16F3NO. The molecule has 1 heterocycles. The Kier molecular flexibility index (Phi) is 4.24. The fourth-order valence-electron chi connectivity index (χ4n) is 2.31. The fraction of sp³-hybridized carbons (Fsp3) is 0.538. The second kappa shape index (κ2) is 5.71. The summed E-state index contributed by atoms with van der Waals surface area (Å²) in [7, 11) is 0. The van der Waals surface area contributed by atoms with Gasteiger partial charge in [0, 0.05) is 17.7 Å². The minimum atomic E-state index is -1.24. The number of benzene rings is 1. The second-order valence-corrected chi connectivity index (χ2v) is 4.64. The first-order chi connectivity index (χ1) is 8.59. The van der Waals surface area contributed by atoms with Crippen LogP contribution in [0.15, 0.2) is 12.1 Å². The third-order valence-electron chi connectivity index (χ3n) is 3.34. The minimum absolute atomic E-state index is 0.187. The molecule has 1 aromatic rings. The van der Waals surface area contributed by atoms with Crippen LogP contribution < -0.4 is 5.32 Å². The van der Waals surface area contributed by atoms with Gasteiger partial charge in [-0.05, 0) is 25.5 Å². The first-order valence-electron chi connectivity index (χ1n) is 6.15. The Labute approximate surface area is 104 Å². The van der Waals surface area contributed by atoms with Crippen LogP contribution in [0.4, 0.5) is 13.2 Å². The van der Waals surface area contributed by atoms with Gasteiger partial charge in [-0.15, -0.1) is 0 Å². The van der Waals surface area contributed by atoms with Crippen LogP contribution in [-0.4, -0.2) is 17.7 Å². The van der Waals surface area contributed by atoms with Crippen molar-refractivity contribution in [1.82, 2.24) is 5.32 Å². The van der Waals surface area contributed by atoms with Gasteiger partial charge in [-0.3, -0.25) is 0 Å². The maximum atomic E-state index is 13.5. The smallest absolute Gasteiger partial charge is 0.161 e. The molecule has 0 aliphatic carbocycles. The summed E-state index contributed by atoms with van der Waals surface area (Å²) in [5.74, 6) is -3.29. The number of hydrogen-bond acceptors (Lipinski definition) is 2. The molecule has 1 aliphatic heterocycles. The number of nitrogens with one attached hydrogen (secondary N) is 1. The predicted molar refractivity (Wildman–Crippen MR) is 61.5 cm³/mol. The molecule has 2 unspecified atom stereocenters. The third kappa shape index (κ3) is 2.84. The summed E-state index contributed by atoms with van der Waals surface area (Å²) in [6, 6.07) is 0.902. The van der Waals surface area contributed by atoms with Gasteiger partial charge in [0.25, 0.3) is 0 Å². The molecule has 1 saturated heterocycles. The van der Waals surface area contributed by atoms with Crippen molar-refractivity contribution in [2.24, 2.45) is 0 Å². The average molecular weight is 259 g/mol. The molecule has 0 aromatic heterocycles. The molecule has 1 aliphatic rings. The molecule has 2 atom stereocenters. The van der Waals surface area contributed by atoms with E-state index in [2.05, 4.69) is 5.32 Å². The maximum Gasteiger partial charge on any atom is 0.161 e. The van der Waals surface area contributed by atoms with Gasteiger partial charge < -0.3 is 10.4 Å². The topological polar surface area (TPSA) is 32.3 Å². The number of rotatable bonds is 2. The third-order valence-corrected chi connectivity index (χ3v) is 3.34. The summed E-state index contributed by atoms with van der Waals surface area (Å²) in [6.45, 7) is 0.743. The van der Waals surface area contributed by atoms with Gasteiger partial charge in [0.05, 0.1) is 6.10 Å². The first-order valence-corrected chi connectivity index (χ1v) is 6.15. The summed E-state index contributed by atoms with van der Waals surface area (Å²) >= 11 is 0. The van der Waals surface area contributed by atoms with Crippen LogP contribution >= 0.6 is 0 Å². The van der Waals surface area contributed by atoms with E-state index in [1.165, 1.54) is 0 Å². The van der Waals surface area contributed by atoms with Crippen molar-refractivity contribution in [2.75, 3.05) is 6.54 Å². The lowest BCUT2D eigenvalue weighted by molar-refractivity contribution is 0.122. The molecule has 1 fully saturated rings. The highest BCUT2D eigenvalue weighted by atomic mass is 19.2. The van der Waals surface area contributed by atoms with Gasteiger partial charge in [0.2, 0.25) is 0 Å². The highest BCUT2D eigenvalue weighted by Crippen LogP contribution is 2.26. The summed E-state index contributed by atoms with van der Waals surface area (Å²) in [5, 5.41) is 13.2. The van der Waals surface area contributed by atoms with Gasteiger partial charge in [-0.25, -0.2) is 13.2 Å². The largest absolute Gasteiger partial charge is 0.387 e. The molecule has 0 bridgehead atoms. The molecule has 5 heteroatoms. The summed E-state index contributed by atoms with van der Waals surface area (Å²) in [4.78, 5) is 0. The quantitative estimate of drug-likeness (QED) is 0.800. The lowest BCUT2D eigenvalue weighted by atomic mass is 9.98. The highest BCUT2D eigenvalue weighted by Gasteiger charge is 2.25. The Hall–Kier alpha value is -1.07. The van der Waals surface area contributed by atoms with Crippen LogP contribution in [0.1, 0.15) is 37.4 Å². The fourth-order valence-corrected chi connectivity index (χ4v) is 2.31. The molecule has 2 N–H and O–H groups in total. The average Bonchev–Trinajstić information content (AvgIpc) is 2.61. The first kappa shape index (κ1) is 13.4. The zero-order valence-electron chi connectivity index (χ0n) is 9.93. The van der Waals surface area contributed by atoms with E-state index in [-0.39, 0.29) is 11.6 Å². The zero-order valence-corrected chi connectivity index (χ0v) is 9.93. The molecule has 100 valence electrons.